The van der Waals surface area contributed by atoms with Gasteiger partial charge in [0.25, 0.3) is 0 Å². The van der Waals surface area contributed by atoms with Gasteiger partial charge in [-0.3, -0.25) is 0 Å². The predicted octanol–water partition coefficient (Wildman–Crippen LogP) is 19.0. The number of nitrogens with zero attached hydrogens (tertiary/aromatic N) is 2. The smallest absolute Gasteiger partial charge is 0.0542 e. The Kier molecular flexibility index (Phi) is 9.32. The summed E-state index contributed by atoms with van der Waals surface area (Å²) in [4.78, 5) is 2.45. The number of para-hydroxylation sites is 1. The van der Waals surface area contributed by atoms with Crippen molar-refractivity contribution in [1.82, 2.24) is 4.57 Å². The van der Waals surface area contributed by atoms with Gasteiger partial charge < -0.3 is 9.47 Å². The number of benzene rings is 11. The summed E-state index contributed by atoms with van der Waals surface area (Å²) in [6, 6.07) is 90.5. The van der Waals surface area contributed by atoms with Crippen LogP contribution in [0.4, 0.5) is 17.1 Å². The molecule has 0 N–H and O–H groups in total. The summed E-state index contributed by atoms with van der Waals surface area (Å²) in [7, 11) is 0. The Labute approximate surface area is 421 Å². The molecule has 12 aromatic rings. The van der Waals surface area contributed by atoms with Crippen LogP contribution in [0.5, 0.6) is 0 Å². The van der Waals surface area contributed by atoms with E-state index in [-0.39, 0.29) is 10.8 Å². The van der Waals surface area contributed by atoms with E-state index in [0.717, 1.165) is 22.7 Å². The summed E-state index contributed by atoms with van der Waals surface area (Å²) >= 11 is 0. The highest BCUT2D eigenvalue weighted by atomic mass is 15.1. The standard InChI is InChI=1S/C70H52N2/c1-69(2)63-26-12-10-23-57(63)59-36-30-48(42-65(59)69)45-28-33-52(34-29-45)71(53-21-14-18-47(40-53)49-31-37-60-58-24-11-13-27-64(58)70(3,4)66(60)43-49)54-35-39-68-62(44-54)61-41-50(56-25-15-17-46-16-8-9-22-55(46)56)32-38-67(61)72(68)51-19-6-5-7-20-51/h5-44H,1-4H3. The second-order valence-electron chi connectivity index (χ2n) is 20.9. The molecule has 14 rings (SSSR count). The van der Waals surface area contributed by atoms with E-state index < -0.39 is 0 Å². The molecule has 0 atom stereocenters. The minimum absolute atomic E-state index is 0.0693. The van der Waals surface area contributed by atoms with Gasteiger partial charge >= 0.3 is 0 Å². The van der Waals surface area contributed by atoms with Crippen molar-refractivity contribution in [1.29, 1.82) is 0 Å². The third-order valence-corrected chi connectivity index (χ3v) is 16.2. The highest BCUT2D eigenvalue weighted by molar-refractivity contribution is 6.13. The lowest BCUT2D eigenvalue weighted by Gasteiger charge is -2.27. The summed E-state index contributed by atoms with van der Waals surface area (Å²) in [6.45, 7) is 9.44. The first kappa shape index (κ1) is 42.2. The molecule has 0 spiro atoms. The molecule has 0 amide bonds. The van der Waals surface area contributed by atoms with Crippen LogP contribution in [0.25, 0.3) is 93.9 Å². The Morgan fingerprint density at radius 2 is 0.778 bits per heavy atom. The Morgan fingerprint density at radius 3 is 1.49 bits per heavy atom. The zero-order chi connectivity index (χ0) is 48.3. The minimum Gasteiger partial charge on any atom is -0.310 e. The van der Waals surface area contributed by atoms with Crippen molar-refractivity contribution in [3.63, 3.8) is 0 Å². The first-order valence-electron chi connectivity index (χ1n) is 25.3. The SMILES string of the molecule is CC1(C)c2ccccc2-c2ccc(-c3ccc(N(c4cccc(-c5ccc6c(c5)C(C)(C)c5ccccc5-6)c4)c4ccc5c(c4)c4cc(-c6cccc7ccccc67)ccc4n5-c4ccccc4)cc3)cc21. The second-order valence-corrected chi connectivity index (χ2v) is 20.9. The van der Waals surface area contributed by atoms with Gasteiger partial charge in [0.2, 0.25) is 0 Å². The quantitative estimate of drug-likeness (QED) is 0.155. The summed E-state index contributed by atoms with van der Waals surface area (Å²) in [5.41, 5.74) is 24.8. The third-order valence-electron chi connectivity index (χ3n) is 16.2. The monoisotopic (exact) mass is 920 g/mol. The molecule has 0 saturated carbocycles. The van der Waals surface area contributed by atoms with Crippen LogP contribution >= 0.6 is 0 Å². The number of hydrogen-bond donors (Lipinski definition) is 0. The molecular formula is C70H52N2. The summed E-state index contributed by atoms with van der Waals surface area (Å²) in [5.74, 6) is 0. The normalized spacial score (nSPS) is 13.8. The van der Waals surface area contributed by atoms with Gasteiger partial charge in [0, 0.05) is 44.4 Å². The topological polar surface area (TPSA) is 8.17 Å². The molecule has 1 heterocycles. The van der Waals surface area contributed by atoms with Crippen molar-refractivity contribution >= 4 is 49.6 Å². The molecule has 72 heavy (non-hydrogen) atoms. The fraction of sp³-hybridized carbons (Fsp3) is 0.0857. The Hall–Kier alpha value is -8.72. The Bertz CT molecular complexity index is 4140. The molecular weight excluding hydrogens is 869 g/mol. The number of rotatable bonds is 7. The van der Waals surface area contributed by atoms with Crippen LogP contribution in [0.3, 0.4) is 0 Å². The number of aromatic nitrogens is 1. The molecule has 0 saturated heterocycles. The van der Waals surface area contributed by atoms with Crippen molar-refractivity contribution in [3.05, 3.63) is 265 Å². The number of fused-ring (bicyclic) bond motifs is 10. The van der Waals surface area contributed by atoms with Crippen LogP contribution in [-0.2, 0) is 10.8 Å². The maximum Gasteiger partial charge on any atom is 0.0542 e. The summed E-state index contributed by atoms with van der Waals surface area (Å²) < 4.78 is 2.42. The number of hydrogen-bond acceptors (Lipinski definition) is 1. The molecule has 1 aromatic heterocycles. The van der Waals surface area contributed by atoms with Crippen molar-refractivity contribution < 1.29 is 0 Å². The lowest BCUT2D eigenvalue weighted by Crippen LogP contribution is -2.15. The molecule has 342 valence electrons. The molecule has 0 unspecified atom stereocenters. The summed E-state index contributed by atoms with van der Waals surface area (Å²) in [5, 5.41) is 4.92. The van der Waals surface area contributed by atoms with Gasteiger partial charge in [-0.25, -0.2) is 0 Å². The van der Waals surface area contributed by atoms with Crippen molar-refractivity contribution in [2.75, 3.05) is 4.90 Å². The average molecular weight is 921 g/mol. The molecule has 2 aliphatic carbocycles. The van der Waals surface area contributed by atoms with E-state index in [0.29, 0.717) is 0 Å². The lowest BCUT2D eigenvalue weighted by atomic mass is 9.81. The molecule has 2 aliphatic rings. The molecule has 0 radical (unpaired) electrons. The van der Waals surface area contributed by atoms with Gasteiger partial charge in [-0.15, -0.1) is 0 Å². The van der Waals surface area contributed by atoms with Crippen LogP contribution in [0, 0.1) is 0 Å². The molecule has 0 fully saturated rings. The van der Waals surface area contributed by atoms with Crippen LogP contribution in [0.2, 0.25) is 0 Å². The van der Waals surface area contributed by atoms with Gasteiger partial charge in [0.05, 0.1) is 11.0 Å². The summed E-state index contributed by atoms with van der Waals surface area (Å²) in [6.07, 6.45) is 0. The molecule has 0 aliphatic heterocycles. The lowest BCUT2D eigenvalue weighted by molar-refractivity contribution is 0.660. The second kappa shape index (κ2) is 15.9. The van der Waals surface area contributed by atoms with Gasteiger partial charge in [-0.05, 0) is 168 Å². The molecule has 2 nitrogen and oxygen atoms in total. The number of anilines is 3. The van der Waals surface area contributed by atoms with Crippen LogP contribution in [0.15, 0.2) is 243 Å². The third kappa shape index (κ3) is 6.42. The minimum atomic E-state index is -0.0896. The highest BCUT2D eigenvalue weighted by Gasteiger charge is 2.36. The van der Waals surface area contributed by atoms with E-state index in [4.69, 9.17) is 0 Å². The van der Waals surface area contributed by atoms with E-state index in [1.807, 2.05) is 0 Å². The first-order valence-corrected chi connectivity index (χ1v) is 25.3. The highest BCUT2D eigenvalue weighted by Crippen LogP contribution is 2.52. The van der Waals surface area contributed by atoms with Gasteiger partial charge in [-0.2, -0.15) is 0 Å². The van der Waals surface area contributed by atoms with Crippen molar-refractivity contribution in [2.24, 2.45) is 0 Å². The van der Waals surface area contributed by atoms with E-state index in [1.165, 1.54) is 110 Å². The van der Waals surface area contributed by atoms with Gasteiger partial charge in [-0.1, -0.05) is 191 Å². The van der Waals surface area contributed by atoms with E-state index in [1.54, 1.807) is 0 Å². The van der Waals surface area contributed by atoms with Crippen LogP contribution < -0.4 is 4.90 Å². The fourth-order valence-corrected chi connectivity index (χ4v) is 12.5. The average Bonchev–Trinajstić information content (AvgIpc) is 3.97. The van der Waals surface area contributed by atoms with Crippen LogP contribution in [-0.4, -0.2) is 4.57 Å². The van der Waals surface area contributed by atoms with Gasteiger partial charge in [0.1, 0.15) is 0 Å². The largest absolute Gasteiger partial charge is 0.310 e. The maximum absolute atomic E-state index is 2.45. The Balaban J connectivity index is 0.936. The predicted molar refractivity (Wildman–Crippen MR) is 304 cm³/mol. The van der Waals surface area contributed by atoms with E-state index in [9.17, 15) is 0 Å². The Morgan fingerprint density at radius 1 is 0.292 bits per heavy atom. The van der Waals surface area contributed by atoms with Gasteiger partial charge in [0.15, 0.2) is 0 Å². The first-order chi connectivity index (χ1) is 35.2. The van der Waals surface area contributed by atoms with Crippen molar-refractivity contribution in [2.45, 2.75) is 38.5 Å². The van der Waals surface area contributed by atoms with E-state index in [2.05, 4.69) is 280 Å². The van der Waals surface area contributed by atoms with Crippen molar-refractivity contribution in [3.8, 4) is 61.3 Å². The maximum atomic E-state index is 2.45. The zero-order valence-electron chi connectivity index (χ0n) is 41.0. The molecule has 0 bridgehead atoms. The van der Waals surface area contributed by atoms with Crippen LogP contribution in [0.1, 0.15) is 49.9 Å². The molecule has 11 aromatic carbocycles. The fourth-order valence-electron chi connectivity index (χ4n) is 12.5. The zero-order valence-corrected chi connectivity index (χ0v) is 41.0. The molecule has 2 heteroatoms. The van der Waals surface area contributed by atoms with E-state index >= 15 is 0 Å².